The predicted molar refractivity (Wildman–Crippen MR) is 115 cm³/mol. The molecule has 1 N–H and O–H groups in total. The molecule has 2 aromatic rings. The molecule has 30 heavy (non-hydrogen) atoms. The Balaban J connectivity index is 1.61. The number of nitrogens with zero attached hydrogens (tertiary/aromatic N) is 1. The summed E-state index contributed by atoms with van der Waals surface area (Å²) in [5.74, 6) is -1.10. The third-order valence-corrected chi connectivity index (χ3v) is 7.24. The number of hydrogen-bond acceptors (Lipinski definition) is 5. The highest BCUT2D eigenvalue weighted by Crippen LogP contribution is 2.25. The molecule has 1 heterocycles. The minimum absolute atomic E-state index is 0.0386. The fraction of sp³-hybridized carbons (Fsp3) is 0.364. The van der Waals surface area contributed by atoms with Crippen molar-refractivity contribution in [2.45, 2.75) is 25.5 Å². The van der Waals surface area contributed by atoms with Gasteiger partial charge in [-0.25, -0.2) is 17.5 Å². The lowest BCUT2D eigenvalue weighted by Gasteiger charge is -2.30. The summed E-state index contributed by atoms with van der Waals surface area (Å²) in [5.41, 5.74) is 2.41. The van der Waals surface area contributed by atoms with Gasteiger partial charge in [0.25, 0.3) is 0 Å². The summed E-state index contributed by atoms with van der Waals surface area (Å²) in [6, 6.07) is 14.1. The van der Waals surface area contributed by atoms with Crippen LogP contribution in [0.2, 0.25) is 0 Å². The van der Waals surface area contributed by atoms with E-state index in [0.717, 1.165) is 11.1 Å². The fourth-order valence-electron chi connectivity index (χ4n) is 3.57. The van der Waals surface area contributed by atoms with Crippen LogP contribution in [-0.2, 0) is 25.3 Å². The van der Waals surface area contributed by atoms with Crippen LogP contribution in [0.25, 0.3) is 0 Å². The second-order valence-corrected chi connectivity index (χ2v) is 9.35. The standard InChI is InChI=1S/C22H26N2O5S/c1-16-7-3-4-8-18(16)15-30(27,28)24-13-11-17(12-14-24)21(25)23-20-10-6-5-9-19(20)22(26)29-2/h3-10,17H,11-15H2,1-2H3,(H,23,25). The highest BCUT2D eigenvalue weighted by Gasteiger charge is 2.31. The molecule has 8 heteroatoms. The first kappa shape index (κ1) is 22.0. The van der Waals surface area contributed by atoms with Gasteiger partial charge in [-0.05, 0) is 43.0 Å². The second kappa shape index (κ2) is 9.40. The molecule has 1 aliphatic rings. The van der Waals surface area contributed by atoms with E-state index in [-0.39, 0.29) is 23.1 Å². The number of aryl methyl sites for hydroxylation is 1. The Hall–Kier alpha value is -2.71. The van der Waals surface area contributed by atoms with E-state index in [2.05, 4.69) is 5.32 Å². The van der Waals surface area contributed by atoms with Gasteiger partial charge < -0.3 is 10.1 Å². The highest BCUT2D eigenvalue weighted by molar-refractivity contribution is 7.88. The van der Waals surface area contributed by atoms with Crippen LogP contribution in [-0.4, -0.2) is 44.8 Å². The summed E-state index contributed by atoms with van der Waals surface area (Å²) >= 11 is 0. The Bertz CT molecular complexity index is 1030. The Morgan fingerprint density at radius 1 is 1.07 bits per heavy atom. The van der Waals surface area contributed by atoms with Crippen LogP contribution >= 0.6 is 0 Å². The summed E-state index contributed by atoms with van der Waals surface area (Å²) < 4.78 is 31.8. The zero-order valence-corrected chi connectivity index (χ0v) is 17.9. The van der Waals surface area contributed by atoms with Crippen LogP contribution in [0, 0.1) is 12.8 Å². The van der Waals surface area contributed by atoms with Gasteiger partial charge in [0.1, 0.15) is 0 Å². The van der Waals surface area contributed by atoms with Crippen molar-refractivity contribution in [2.75, 3.05) is 25.5 Å². The van der Waals surface area contributed by atoms with E-state index >= 15 is 0 Å². The van der Waals surface area contributed by atoms with Gasteiger partial charge in [0.05, 0.1) is 24.1 Å². The largest absolute Gasteiger partial charge is 0.465 e. The number of rotatable bonds is 6. The second-order valence-electron chi connectivity index (χ2n) is 7.38. The number of hydrogen-bond donors (Lipinski definition) is 1. The summed E-state index contributed by atoms with van der Waals surface area (Å²) in [7, 11) is -2.16. The highest BCUT2D eigenvalue weighted by atomic mass is 32.2. The van der Waals surface area contributed by atoms with Gasteiger partial charge in [0, 0.05) is 19.0 Å². The molecular formula is C22H26N2O5S. The molecule has 2 aromatic carbocycles. The molecule has 0 aromatic heterocycles. The number of amides is 1. The number of carbonyl (C=O) groups is 2. The maximum absolute atomic E-state index is 12.8. The van der Waals surface area contributed by atoms with Crippen molar-refractivity contribution in [3.05, 3.63) is 65.2 Å². The van der Waals surface area contributed by atoms with Gasteiger partial charge in [-0.2, -0.15) is 0 Å². The molecule has 7 nitrogen and oxygen atoms in total. The van der Waals surface area contributed by atoms with Crippen LogP contribution < -0.4 is 5.32 Å². The number of sulfonamides is 1. The predicted octanol–water partition coefficient (Wildman–Crippen LogP) is 2.96. The molecule has 160 valence electrons. The Labute approximate surface area is 177 Å². The number of benzene rings is 2. The summed E-state index contributed by atoms with van der Waals surface area (Å²) in [6.07, 6.45) is 0.860. The van der Waals surface area contributed by atoms with Crippen LogP contribution in [0.1, 0.15) is 34.3 Å². The molecule has 0 spiro atoms. The third-order valence-electron chi connectivity index (χ3n) is 5.41. The van der Waals surface area contributed by atoms with E-state index in [1.807, 2.05) is 31.2 Å². The van der Waals surface area contributed by atoms with Gasteiger partial charge >= 0.3 is 5.97 Å². The van der Waals surface area contributed by atoms with Crippen molar-refractivity contribution in [2.24, 2.45) is 5.92 Å². The lowest BCUT2D eigenvalue weighted by atomic mass is 9.97. The van der Waals surface area contributed by atoms with Crippen LogP contribution in [0.15, 0.2) is 48.5 Å². The summed E-state index contributed by atoms with van der Waals surface area (Å²) in [5, 5.41) is 2.79. The molecule has 0 bridgehead atoms. The van der Waals surface area contributed by atoms with Crippen molar-refractivity contribution >= 4 is 27.6 Å². The number of methoxy groups -OCH3 is 1. The first-order chi connectivity index (χ1) is 14.3. The van der Waals surface area contributed by atoms with E-state index in [1.54, 1.807) is 24.3 Å². The number of piperidine rings is 1. The molecule has 0 unspecified atom stereocenters. The van der Waals surface area contributed by atoms with E-state index in [4.69, 9.17) is 4.74 Å². The molecule has 0 radical (unpaired) electrons. The average molecular weight is 431 g/mol. The number of nitrogens with one attached hydrogen (secondary N) is 1. The molecule has 0 aliphatic carbocycles. The van der Waals surface area contributed by atoms with E-state index < -0.39 is 16.0 Å². The number of esters is 1. The summed E-state index contributed by atoms with van der Waals surface area (Å²) in [4.78, 5) is 24.6. The van der Waals surface area contributed by atoms with Crippen molar-refractivity contribution in [1.82, 2.24) is 4.31 Å². The van der Waals surface area contributed by atoms with Crippen LogP contribution in [0.3, 0.4) is 0 Å². The maximum atomic E-state index is 12.8. The number of para-hydroxylation sites is 1. The van der Waals surface area contributed by atoms with E-state index in [9.17, 15) is 18.0 Å². The smallest absolute Gasteiger partial charge is 0.339 e. The maximum Gasteiger partial charge on any atom is 0.339 e. The fourth-order valence-corrected chi connectivity index (χ4v) is 5.24. The zero-order valence-electron chi connectivity index (χ0n) is 17.1. The molecule has 3 rings (SSSR count). The third kappa shape index (κ3) is 5.06. The van der Waals surface area contributed by atoms with E-state index in [0.29, 0.717) is 31.6 Å². The Morgan fingerprint density at radius 3 is 2.37 bits per heavy atom. The molecular weight excluding hydrogens is 404 g/mol. The monoisotopic (exact) mass is 430 g/mol. The van der Waals surface area contributed by atoms with Crippen LogP contribution in [0.5, 0.6) is 0 Å². The quantitative estimate of drug-likeness (QED) is 0.712. The van der Waals surface area contributed by atoms with Crippen LogP contribution in [0.4, 0.5) is 5.69 Å². The lowest BCUT2D eigenvalue weighted by Crippen LogP contribution is -2.42. The number of carbonyl (C=O) groups excluding carboxylic acids is 2. The first-order valence-corrected chi connectivity index (χ1v) is 11.4. The average Bonchev–Trinajstić information content (AvgIpc) is 2.75. The molecule has 0 atom stereocenters. The molecule has 1 aliphatic heterocycles. The van der Waals surface area contributed by atoms with Gasteiger partial charge in [0.2, 0.25) is 15.9 Å². The normalized spacial score (nSPS) is 15.5. The van der Waals surface area contributed by atoms with Gasteiger partial charge in [0.15, 0.2) is 0 Å². The number of anilines is 1. The van der Waals surface area contributed by atoms with Gasteiger partial charge in [-0.1, -0.05) is 36.4 Å². The molecule has 1 saturated heterocycles. The Morgan fingerprint density at radius 2 is 1.70 bits per heavy atom. The van der Waals surface area contributed by atoms with Crippen molar-refractivity contribution < 1.29 is 22.7 Å². The van der Waals surface area contributed by atoms with Crippen molar-refractivity contribution in [3.8, 4) is 0 Å². The molecule has 1 amide bonds. The number of ether oxygens (including phenoxy) is 1. The minimum atomic E-state index is -3.45. The summed E-state index contributed by atoms with van der Waals surface area (Å²) in [6.45, 7) is 2.49. The lowest BCUT2D eigenvalue weighted by molar-refractivity contribution is -0.120. The minimum Gasteiger partial charge on any atom is -0.465 e. The Kier molecular flexibility index (Phi) is 6.89. The first-order valence-electron chi connectivity index (χ1n) is 9.82. The van der Waals surface area contributed by atoms with Crippen molar-refractivity contribution in [3.63, 3.8) is 0 Å². The van der Waals surface area contributed by atoms with Gasteiger partial charge in [-0.15, -0.1) is 0 Å². The van der Waals surface area contributed by atoms with Gasteiger partial charge in [-0.3, -0.25) is 4.79 Å². The topological polar surface area (TPSA) is 92.8 Å². The van der Waals surface area contributed by atoms with E-state index in [1.165, 1.54) is 11.4 Å². The molecule has 1 fully saturated rings. The zero-order chi connectivity index (χ0) is 21.7. The molecule has 0 saturated carbocycles. The van der Waals surface area contributed by atoms with Crippen molar-refractivity contribution in [1.29, 1.82) is 0 Å². The SMILES string of the molecule is COC(=O)c1ccccc1NC(=O)C1CCN(S(=O)(=O)Cc2ccccc2C)CC1.